The summed E-state index contributed by atoms with van der Waals surface area (Å²) in [7, 11) is 4.06. The minimum absolute atomic E-state index is 0.0471. The lowest BCUT2D eigenvalue weighted by Gasteiger charge is -2.20. The average molecular weight is 278 g/mol. The van der Waals surface area contributed by atoms with Gasteiger partial charge in [0.1, 0.15) is 0 Å². The molecule has 0 aromatic heterocycles. The average Bonchev–Trinajstić information content (AvgIpc) is 2.77. The van der Waals surface area contributed by atoms with Gasteiger partial charge in [-0.1, -0.05) is 0 Å². The molecule has 1 aromatic rings. The normalized spacial score (nSPS) is 19.6. The van der Waals surface area contributed by atoms with Crippen LogP contribution in [-0.2, 0) is 0 Å². The Hall–Kier alpha value is -1.59. The largest absolute Gasteiger partial charge is 0.504 e. The van der Waals surface area contributed by atoms with E-state index in [0.717, 1.165) is 19.6 Å². The number of hydrogen-bond donors (Lipinski definition) is 2. The molecule has 5 nitrogen and oxygen atoms in total. The van der Waals surface area contributed by atoms with Gasteiger partial charge in [-0.05, 0) is 51.2 Å². The zero-order chi connectivity index (χ0) is 14.7. The lowest BCUT2D eigenvalue weighted by Crippen LogP contribution is -2.31. The van der Waals surface area contributed by atoms with Crippen LogP contribution in [0.25, 0.3) is 0 Å². The third-order valence-corrected chi connectivity index (χ3v) is 3.77. The number of likely N-dealkylation sites (N-methyl/N-ethyl adjacent to an activating group) is 1. The summed E-state index contributed by atoms with van der Waals surface area (Å²) in [6.07, 6.45) is 1.18. The Bertz CT molecular complexity index is 490. The number of nitrogens with zero attached hydrogens (tertiary/aromatic N) is 2. The van der Waals surface area contributed by atoms with E-state index in [1.807, 2.05) is 11.9 Å². The Labute approximate surface area is 119 Å². The van der Waals surface area contributed by atoms with Gasteiger partial charge in [0.2, 0.25) is 0 Å². The minimum atomic E-state index is -0.254. The van der Waals surface area contributed by atoms with Gasteiger partial charge >= 0.3 is 0 Å². The van der Waals surface area contributed by atoms with Crippen molar-refractivity contribution in [2.45, 2.75) is 6.42 Å². The molecule has 0 aliphatic carbocycles. The van der Waals surface area contributed by atoms with Crippen molar-refractivity contribution in [1.82, 2.24) is 9.80 Å². The molecule has 1 fully saturated rings. The molecule has 1 atom stereocenters. The Kier molecular flexibility index (Phi) is 4.62. The number of hydrogen-bond acceptors (Lipinski definition) is 5. The maximum absolute atomic E-state index is 12.1. The van der Waals surface area contributed by atoms with Crippen LogP contribution in [0.3, 0.4) is 0 Å². The van der Waals surface area contributed by atoms with Gasteiger partial charge < -0.3 is 15.1 Å². The number of carbonyl (C=O) groups is 1. The van der Waals surface area contributed by atoms with Crippen molar-refractivity contribution in [1.29, 1.82) is 0 Å². The number of Topliss-reactive ketones (excluding diaryl/α,β-unsaturated/α-hetero) is 1. The summed E-state index contributed by atoms with van der Waals surface area (Å²) in [6.45, 7) is 3.43. The molecule has 0 saturated carbocycles. The lowest BCUT2D eigenvalue weighted by molar-refractivity contribution is 0.0938. The van der Waals surface area contributed by atoms with E-state index in [2.05, 4.69) is 11.9 Å². The molecular formula is C15H22N2O3. The highest BCUT2D eigenvalue weighted by Crippen LogP contribution is 2.25. The number of phenolic OH excluding ortho intramolecular Hbond substituents is 2. The first-order valence-corrected chi connectivity index (χ1v) is 6.88. The van der Waals surface area contributed by atoms with E-state index in [-0.39, 0.29) is 17.3 Å². The number of aromatic hydroxyl groups is 2. The molecule has 1 heterocycles. The number of likely N-dealkylation sites (tertiary alicyclic amines) is 1. The van der Waals surface area contributed by atoms with Crippen molar-refractivity contribution < 1.29 is 15.0 Å². The van der Waals surface area contributed by atoms with Crippen molar-refractivity contribution >= 4 is 5.78 Å². The highest BCUT2D eigenvalue weighted by molar-refractivity contribution is 5.98. The minimum Gasteiger partial charge on any atom is -0.504 e. The van der Waals surface area contributed by atoms with Crippen LogP contribution in [0.15, 0.2) is 18.2 Å². The predicted molar refractivity (Wildman–Crippen MR) is 77.2 cm³/mol. The van der Waals surface area contributed by atoms with Gasteiger partial charge in [0, 0.05) is 18.7 Å². The second-order valence-corrected chi connectivity index (χ2v) is 5.74. The number of carbonyl (C=O) groups excluding carboxylic acids is 1. The first-order valence-electron chi connectivity index (χ1n) is 6.88. The van der Waals surface area contributed by atoms with Crippen LogP contribution in [0.4, 0.5) is 0 Å². The van der Waals surface area contributed by atoms with Gasteiger partial charge in [0.05, 0.1) is 6.54 Å². The summed E-state index contributed by atoms with van der Waals surface area (Å²) < 4.78 is 0. The molecule has 1 saturated heterocycles. The number of phenols is 2. The summed E-state index contributed by atoms with van der Waals surface area (Å²) in [5.41, 5.74) is 0.427. The molecule has 2 N–H and O–H groups in total. The SMILES string of the molecule is CN1CCC(CN(C)CC(=O)c2ccc(O)c(O)c2)C1. The Morgan fingerprint density at radius 3 is 2.75 bits per heavy atom. The van der Waals surface area contributed by atoms with Gasteiger partial charge in [-0.25, -0.2) is 0 Å². The van der Waals surface area contributed by atoms with Crippen molar-refractivity contribution in [3.63, 3.8) is 0 Å². The number of benzene rings is 1. The van der Waals surface area contributed by atoms with Gasteiger partial charge in [-0.2, -0.15) is 0 Å². The highest BCUT2D eigenvalue weighted by Gasteiger charge is 2.21. The number of ketones is 1. The van der Waals surface area contributed by atoms with Crippen LogP contribution in [0, 0.1) is 5.92 Å². The fourth-order valence-electron chi connectivity index (χ4n) is 2.71. The summed E-state index contributed by atoms with van der Waals surface area (Å²) in [4.78, 5) is 16.4. The third kappa shape index (κ3) is 3.71. The molecule has 5 heteroatoms. The van der Waals surface area contributed by atoms with Crippen LogP contribution in [-0.4, -0.2) is 66.1 Å². The molecule has 0 bridgehead atoms. The van der Waals surface area contributed by atoms with Crippen molar-refractivity contribution in [2.24, 2.45) is 5.92 Å². The van der Waals surface area contributed by atoms with E-state index < -0.39 is 0 Å². The molecule has 0 spiro atoms. The van der Waals surface area contributed by atoms with E-state index in [9.17, 15) is 15.0 Å². The molecule has 1 aliphatic rings. The Balaban J connectivity index is 1.88. The van der Waals surface area contributed by atoms with Crippen molar-refractivity contribution in [3.8, 4) is 11.5 Å². The first-order chi connectivity index (χ1) is 9.45. The Morgan fingerprint density at radius 1 is 1.40 bits per heavy atom. The van der Waals surface area contributed by atoms with Gasteiger partial charge in [0.15, 0.2) is 17.3 Å². The molecule has 1 aliphatic heterocycles. The van der Waals surface area contributed by atoms with Gasteiger partial charge in [0.25, 0.3) is 0 Å². The smallest absolute Gasteiger partial charge is 0.176 e. The van der Waals surface area contributed by atoms with Crippen LogP contribution >= 0.6 is 0 Å². The van der Waals surface area contributed by atoms with E-state index in [1.165, 1.54) is 24.6 Å². The molecule has 2 rings (SSSR count). The van der Waals surface area contributed by atoms with Crippen LogP contribution < -0.4 is 0 Å². The summed E-state index contributed by atoms with van der Waals surface area (Å²) in [5, 5.41) is 18.7. The number of rotatable bonds is 5. The molecule has 110 valence electrons. The molecule has 20 heavy (non-hydrogen) atoms. The maximum atomic E-state index is 12.1. The molecular weight excluding hydrogens is 256 g/mol. The summed E-state index contributed by atoms with van der Waals surface area (Å²) >= 11 is 0. The molecule has 1 aromatic carbocycles. The van der Waals surface area contributed by atoms with E-state index in [4.69, 9.17) is 0 Å². The lowest BCUT2D eigenvalue weighted by atomic mass is 10.1. The molecule has 1 unspecified atom stereocenters. The Morgan fingerprint density at radius 2 is 2.15 bits per heavy atom. The van der Waals surface area contributed by atoms with Crippen molar-refractivity contribution in [3.05, 3.63) is 23.8 Å². The zero-order valence-electron chi connectivity index (χ0n) is 12.0. The molecule has 0 amide bonds. The second-order valence-electron chi connectivity index (χ2n) is 5.74. The summed E-state index contributed by atoms with van der Waals surface area (Å²) in [5.74, 6) is 0.111. The quantitative estimate of drug-likeness (QED) is 0.625. The highest BCUT2D eigenvalue weighted by atomic mass is 16.3. The maximum Gasteiger partial charge on any atom is 0.176 e. The second kappa shape index (κ2) is 6.24. The van der Waals surface area contributed by atoms with Gasteiger partial charge in [-0.15, -0.1) is 0 Å². The van der Waals surface area contributed by atoms with E-state index >= 15 is 0 Å². The van der Waals surface area contributed by atoms with Gasteiger partial charge in [-0.3, -0.25) is 9.69 Å². The first kappa shape index (κ1) is 14.8. The van der Waals surface area contributed by atoms with Crippen LogP contribution in [0.1, 0.15) is 16.8 Å². The standard InChI is InChI=1S/C15H22N2O3/c1-16-6-5-11(8-16)9-17(2)10-15(20)12-3-4-13(18)14(19)7-12/h3-4,7,11,18-19H,5-6,8-10H2,1-2H3. The fraction of sp³-hybridized carbons (Fsp3) is 0.533. The fourth-order valence-corrected chi connectivity index (χ4v) is 2.71. The van der Waals surface area contributed by atoms with E-state index in [0.29, 0.717) is 18.0 Å². The zero-order valence-corrected chi connectivity index (χ0v) is 12.0. The topological polar surface area (TPSA) is 64.0 Å². The van der Waals surface area contributed by atoms with Crippen LogP contribution in [0.2, 0.25) is 0 Å². The molecule has 0 radical (unpaired) electrons. The van der Waals surface area contributed by atoms with Crippen molar-refractivity contribution in [2.75, 3.05) is 40.3 Å². The van der Waals surface area contributed by atoms with Crippen LogP contribution in [0.5, 0.6) is 11.5 Å². The van der Waals surface area contributed by atoms with E-state index in [1.54, 1.807) is 0 Å². The third-order valence-electron chi connectivity index (χ3n) is 3.77. The predicted octanol–water partition coefficient (Wildman–Crippen LogP) is 1.16. The monoisotopic (exact) mass is 278 g/mol. The summed E-state index contributed by atoms with van der Waals surface area (Å²) in [6, 6.07) is 4.19.